The first kappa shape index (κ1) is 18.8. The van der Waals surface area contributed by atoms with Gasteiger partial charge in [-0.2, -0.15) is 0 Å². The van der Waals surface area contributed by atoms with E-state index in [4.69, 9.17) is 10.3 Å². The first-order valence-corrected chi connectivity index (χ1v) is 9.54. The Bertz CT molecular complexity index is 850. The second-order valence-corrected chi connectivity index (χ2v) is 6.85. The Labute approximate surface area is 161 Å². The zero-order chi connectivity index (χ0) is 19.1. The third kappa shape index (κ3) is 5.04. The molecule has 27 heavy (non-hydrogen) atoms. The number of nitrogens with zero attached hydrogens (tertiary/aromatic N) is 4. The van der Waals surface area contributed by atoms with Gasteiger partial charge in [0.15, 0.2) is 5.76 Å². The fourth-order valence-corrected chi connectivity index (χ4v) is 3.17. The molecule has 8 nitrogen and oxygen atoms in total. The van der Waals surface area contributed by atoms with Crippen LogP contribution >= 0.6 is 11.8 Å². The van der Waals surface area contributed by atoms with Gasteiger partial charge in [-0.3, -0.25) is 4.79 Å². The number of hydrogen-bond donors (Lipinski definition) is 2. The molecule has 0 aliphatic heterocycles. The molecule has 0 unspecified atom stereocenters. The molecule has 2 aromatic heterocycles. The van der Waals surface area contributed by atoms with Crippen molar-refractivity contribution in [3.8, 4) is 11.6 Å². The van der Waals surface area contributed by atoms with E-state index in [1.165, 1.54) is 16.4 Å². The summed E-state index contributed by atoms with van der Waals surface area (Å²) < 4.78 is 6.59. The van der Waals surface area contributed by atoms with Gasteiger partial charge in [0.2, 0.25) is 16.9 Å². The maximum absolute atomic E-state index is 12.0. The highest BCUT2D eigenvalue weighted by Gasteiger charge is 2.15. The highest BCUT2D eigenvalue weighted by Crippen LogP contribution is 2.21. The number of anilines is 1. The fraction of sp³-hybridized carbons (Fsp3) is 0.278. The Kier molecular flexibility index (Phi) is 6.37. The van der Waals surface area contributed by atoms with Gasteiger partial charge in [0, 0.05) is 25.8 Å². The number of carbonyl (C=O) groups is 1. The Morgan fingerprint density at radius 2 is 2.07 bits per heavy atom. The zero-order valence-corrected chi connectivity index (χ0v) is 15.9. The van der Waals surface area contributed by atoms with Crippen molar-refractivity contribution in [1.29, 1.82) is 0 Å². The second-order valence-electron chi connectivity index (χ2n) is 5.90. The summed E-state index contributed by atoms with van der Waals surface area (Å²) in [5.74, 6) is 7.08. The molecule has 0 saturated carbocycles. The minimum Gasteiger partial charge on any atom is -0.461 e. The number of hydrogen-bond acceptors (Lipinski definition) is 7. The van der Waals surface area contributed by atoms with E-state index in [-0.39, 0.29) is 11.7 Å². The van der Waals surface area contributed by atoms with E-state index < -0.39 is 0 Å². The van der Waals surface area contributed by atoms with E-state index in [2.05, 4.69) is 32.5 Å². The molecule has 0 saturated heterocycles. The van der Waals surface area contributed by atoms with Crippen LogP contribution in [0, 0.1) is 0 Å². The summed E-state index contributed by atoms with van der Waals surface area (Å²) in [6, 6.07) is 13.6. The number of carbonyl (C=O) groups excluding carboxylic acids is 1. The number of nitrogens with one attached hydrogen (secondary N) is 1. The summed E-state index contributed by atoms with van der Waals surface area (Å²) >= 11 is 1.23. The van der Waals surface area contributed by atoms with Gasteiger partial charge in [-0.05, 0) is 30.7 Å². The molecule has 0 fully saturated rings. The first-order chi connectivity index (χ1) is 13.1. The average molecular weight is 386 g/mol. The van der Waals surface area contributed by atoms with Crippen LogP contribution in [0.5, 0.6) is 0 Å². The Balaban J connectivity index is 1.38. The van der Waals surface area contributed by atoms with Crippen molar-refractivity contribution in [3.05, 3.63) is 48.7 Å². The van der Waals surface area contributed by atoms with Crippen LogP contribution in [0.2, 0.25) is 0 Å². The average Bonchev–Trinajstić information content (AvgIpc) is 3.34. The molecule has 0 bridgehead atoms. The molecular weight excluding hydrogens is 364 g/mol. The van der Waals surface area contributed by atoms with Gasteiger partial charge >= 0.3 is 0 Å². The molecule has 3 N–H and O–H groups in total. The summed E-state index contributed by atoms with van der Waals surface area (Å²) in [4.78, 5) is 14.2. The number of aromatic nitrogens is 3. The topological polar surface area (TPSA) is 102 Å². The van der Waals surface area contributed by atoms with Crippen molar-refractivity contribution >= 4 is 23.4 Å². The van der Waals surface area contributed by atoms with E-state index in [0.717, 1.165) is 18.7 Å². The Morgan fingerprint density at radius 3 is 2.81 bits per heavy atom. The molecule has 2 heterocycles. The summed E-state index contributed by atoms with van der Waals surface area (Å²) in [5.41, 5.74) is 1.16. The second kappa shape index (κ2) is 9.13. The van der Waals surface area contributed by atoms with Gasteiger partial charge in [0.05, 0.1) is 12.0 Å². The molecule has 0 spiro atoms. The van der Waals surface area contributed by atoms with Crippen LogP contribution in [0.3, 0.4) is 0 Å². The molecule has 0 radical (unpaired) electrons. The predicted molar refractivity (Wildman–Crippen MR) is 106 cm³/mol. The number of furan rings is 1. The normalized spacial score (nSPS) is 10.7. The Morgan fingerprint density at radius 1 is 1.26 bits per heavy atom. The number of rotatable bonds is 9. The zero-order valence-electron chi connectivity index (χ0n) is 15.0. The lowest BCUT2D eigenvalue weighted by atomic mass is 10.3. The number of thioether (sulfide) groups is 1. The lowest BCUT2D eigenvalue weighted by molar-refractivity contribution is -0.118. The summed E-state index contributed by atoms with van der Waals surface area (Å²) in [5, 5.41) is 11.4. The van der Waals surface area contributed by atoms with Gasteiger partial charge in [-0.15, -0.1) is 10.2 Å². The molecule has 3 rings (SSSR count). The standard InChI is InChI=1S/C18H22N6O2S/c1-23(14-7-3-2-4-8-14)11-6-10-20-16(25)13-27-18-22-21-17(24(18)19)15-9-5-12-26-15/h2-5,7-9,12H,6,10-11,13,19H2,1H3,(H,20,25). The number of nitrogens with two attached hydrogens (primary N) is 1. The maximum atomic E-state index is 12.0. The third-order valence-electron chi connectivity index (χ3n) is 3.93. The Hall–Kier alpha value is -2.94. The quantitative estimate of drug-likeness (QED) is 0.329. The lowest BCUT2D eigenvalue weighted by Crippen LogP contribution is -2.29. The van der Waals surface area contributed by atoms with Crippen LogP contribution in [-0.4, -0.2) is 46.7 Å². The van der Waals surface area contributed by atoms with E-state index in [1.54, 1.807) is 18.4 Å². The highest BCUT2D eigenvalue weighted by atomic mass is 32.2. The van der Waals surface area contributed by atoms with Gasteiger partial charge in [0.25, 0.3) is 0 Å². The summed E-state index contributed by atoms with van der Waals surface area (Å²) in [7, 11) is 2.04. The summed E-state index contributed by atoms with van der Waals surface area (Å²) in [6.45, 7) is 1.48. The van der Waals surface area contributed by atoms with E-state index in [1.807, 2.05) is 25.2 Å². The fourth-order valence-electron chi connectivity index (χ4n) is 2.49. The molecule has 0 aliphatic rings. The SMILES string of the molecule is CN(CCCNC(=O)CSc1nnc(-c2ccco2)n1N)c1ccccc1. The third-order valence-corrected chi connectivity index (χ3v) is 4.87. The van der Waals surface area contributed by atoms with Crippen molar-refractivity contribution in [2.24, 2.45) is 0 Å². The predicted octanol–water partition coefficient (Wildman–Crippen LogP) is 1.99. The largest absolute Gasteiger partial charge is 0.461 e. The number of amides is 1. The van der Waals surface area contributed by atoms with E-state index >= 15 is 0 Å². The summed E-state index contributed by atoms with van der Waals surface area (Å²) in [6.07, 6.45) is 2.40. The number of benzene rings is 1. The molecular formula is C18H22N6O2S. The van der Waals surface area contributed by atoms with Gasteiger partial charge < -0.3 is 20.5 Å². The first-order valence-electron chi connectivity index (χ1n) is 8.55. The van der Waals surface area contributed by atoms with Crippen molar-refractivity contribution in [3.63, 3.8) is 0 Å². The van der Waals surface area contributed by atoms with Gasteiger partial charge in [-0.25, -0.2) is 4.68 Å². The molecule has 3 aromatic rings. The lowest BCUT2D eigenvalue weighted by Gasteiger charge is -2.19. The van der Waals surface area contributed by atoms with Crippen molar-refractivity contribution in [1.82, 2.24) is 20.2 Å². The minimum absolute atomic E-state index is 0.0649. The van der Waals surface area contributed by atoms with Crippen LogP contribution in [0.1, 0.15) is 6.42 Å². The van der Waals surface area contributed by atoms with Crippen molar-refractivity contribution in [2.75, 3.05) is 36.6 Å². The van der Waals surface area contributed by atoms with Crippen LogP contribution in [0.25, 0.3) is 11.6 Å². The molecule has 0 atom stereocenters. The number of para-hydroxylation sites is 1. The highest BCUT2D eigenvalue weighted by molar-refractivity contribution is 7.99. The molecule has 0 aliphatic carbocycles. The van der Waals surface area contributed by atoms with Crippen LogP contribution in [-0.2, 0) is 4.79 Å². The van der Waals surface area contributed by atoms with Crippen LogP contribution < -0.4 is 16.1 Å². The molecule has 9 heteroatoms. The van der Waals surface area contributed by atoms with Gasteiger partial charge in [-0.1, -0.05) is 30.0 Å². The van der Waals surface area contributed by atoms with Crippen molar-refractivity contribution in [2.45, 2.75) is 11.6 Å². The minimum atomic E-state index is -0.0649. The monoisotopic (exact) mass is 386 g/mol. The van der Waals surface area contributed by atoms with Crippen LogP contribution in [0.4, 0.5) is 5.69 Å². The van der Waals surface area contributed by atoms with Crippen LogP contribution in [0.15, 0.2) is 58.3 Å². The maximum Gasteiger partial charge on any atom is 0.230 e. The smallest absolute Gasteiger partial charge is 0.230 e. The van der Waals surface area contributed by atoms with E-state index in [9.17, 15) is 4.79 Å². The molecule has 1 amide bonds. The van der Waals surface area contributed by atoms with Crippen molar-refractivity contribution < 1.29 is 9.21 Å². The van der Waals surface area contributed by atoms with E-state index in [0.29, 0.717) is 23.3 Å². The number of nitrogen functional groups attached to an aromatic ring is 1. The molecule has 142 valence electrons. The molecule has 1 aromatic carbocycles. The van der Waals surface area contributed by atoms with Gasteiger partial charge in [0.1, 0.15) is 0 Å².